The molecule has 8 heterocycles. The predicted octanol–water partition coefficient (Wildman–Crippen LogP) is 6.31. The molecule has 2 amide bonds. The Morgan fingerprint density at radius 1 is 0.425 bits per heavy atom. The zero-order valence-corrected chi connectivity index (χ0v) is 42.9. The summed E-state index contributed by atoms with van der Waals surface area (Å²) < 4.78 is 38.1. The lowest BCUT2D eigenvalue weighted by atomic mass is 9.97. The second-order valence-corrected chi connectivity index (χ2v) is 18.5. The Labute approximate surface area is 459 Å². The molecule has 412 valence electrons. The molecule has 80 heavy (non-hydrogen) atoms. The fraction of sp³-hybridized carbons (Fsp3) is 0.211. The zero-order valence-electron chi connectivity index (χ0n) is 42.2. The van der Waals surface area contributed by atoms with E-state index in [1.54, 1.807) is 36.9 Å². The third-order valence-electron chi connectivity index (χ3n) is 13.0. The van der Waals surface area contributed by atoms with Gasteiger partial charge in [-0.2, -0.15) is 0 Å². The van der Waals surface area contributed by atoms with Gasteiger partial charge in [-0.25, -0.2) is 22.8 Å². The standard InChI is InChI=1S/2C16H13FN2O3.2C9H10N2O2.C7H4ClFO/c17-12-5-3-10(4-6-12)15(20)19-9-11-2-1-7-18-13(11)8-14(19)16(21)22;17-12-5-3-10(4-6-12)15(20)19-9-13-11(2-1-7-18-13)8-14(19)16(21)22;12-9(13)8-4-7-6(5-11-8)2-1-3-10-7;12-9(13)7-4-6-2-1-3-10-8(6)5-11-7;8-7(10)5-1-3-6(9)4-2-5/h2*1-7,14H,8-9H2,(H,21,22);1-3,8,11H,4-5H2,(H,12,13);1-3,7,11H,4-5H2,(H,12,13);1-4H. The molecule has 0 saturated carbocycles. The first-order chi connectivity index (χ1) is 38.4. The molecule has 0 radical (unpaired) electrons. The molecule has 0 aliphatic carbocycles. The summed E-state index contributed by atoms with van der Waals surface area (Å²) in [6.45, 7) is 1.45. The highest BCUT2D eigenvalue weighted by Gasteiger charge is 2.37. The number of aromatic nitrogens is 4. The van der Waals surface area contributed by atoms with Crippen molar-refractivity contribution >= 4 is 52.5 Å². The van der Waals surface area contributed by atoms with Gasteiger partial charge < -0.3 is 30.2 Å². The molecule has 4 aliphatic rings. The molecule has 3 aromatic carbocycles. The summed E-state index contributed by atoms with van der Waals surface area (Å²) in [5, 5.41) is 41.6. The Morgan fingerprint density at radius 3 is 1.30 bits per heavy atom. The first kappa shape index (κ1) is 58.4. The number of carbonyl (C=O) groups is 7. The van der Waals surface area contributed by atoms with Crippen molar-refractivity contribution in [2.75, 3.05) is 0 Å². The van der Waals surface area contributed by atoms with Crippen LogP contribution in [0.5, 0.6) is 0 Å². The van der Waals surface area contributed by atoms with Gasteiger partial charge in [0, 0.05) is 98.2 Å². The fourth-order valence-corrected chi connectivity index (χ4v) is 8.86. The maximum Gasteiger partial charge on any atom is 0.326 e. The van der Waals surface area contributed by atoms with Crippen molar-refractivity contribution in [3.05, 3.63) is 225 Å². The first-order valence-electron chi connectivity index (χ1n) is 24.5. The lowest BCUT2D eigenvalue weighted by Crippen LogP contribution is -2.48. The van der Waals surface area contributed by atoms with Gasteiger partial charge in [-0.1, -0.05) is 24.3 Å². The zero-order chi connectivity index (χ0) is 57.5. The van der Waals surface area contributed by atoms with Crippen molar-refractivity contribution in [2.24, 2.45) is 0 Å². The van der Waals surface area contributed by atoms with Crippen LogP contribution in [0, 0.1) is 17.5 Å². The molecule has 4 aliphatic heterocycles. The third-order valence-corrected chi connectivity index (χ3v) is 13.2. The van der Waals surface area contributed by atoms with Crippen LogP contribution in [-0.4, -0.2) is 115 Å². The molecule has 6 N–H and O–H groups in total. The Kier molecular flexibility index (Phi) is 20.0. The van der Waals surface area contributed by atoms with Crippen LogP contribution in [0.15, 0.2) is 146 Å². The molecular weight excluding hydrogens is 1070 g/mol. The van der Waals surface area contributed by atoms with Crippen molar-refractivity contribution < 1.29 is 67.2 Å². The molecular formula is C57H50ClF3N8O11. The normalized spacial score (nSPS) is 17.2. The maximum atomic E-state index is 13.0. The van der Waals surface area contributed by atoms with E-state index in [1.165, 1.54) is 82.6 Å². The number of aliphatic carboxylic acids is 4. The second-order valence-electron chi connectivity index (χ2n) is 18.2. The van der Waals surface area contributed by atoms with Crippen LogP contribution in [0.4, 0.5) is 13.2 Å². The first-order valence-corrected chi connectivity index (χ1v) is 24.9. The molecule has 0 bridgehead atoms. The maximum absolute atomic E-state index is 13.0. The number of amides is 2. The molecule has 0 spiro atoms. The molecule has 19 nitrogen and oxygen atoms in total. The predicted molar refractivity (Wildman–Crippen MR) is 280 cm³/mol. The highest BCUT2D eigenvalue weighted by atomic mass is 35.5. The minimum atomic E-state index is -1.08. The summed E-state index contributed by atoms with van der Waals surface area (Å²) >= 11 is 5.09. The summed E-state index contributed by atoms with van der Waals surface area (Å²) in [7, 11) is 0. The Balaban J connectivity index is 0.000000149. The number of nitrogens with zero attached hydrogens (tertiary/aromatic N) is 6. The summed E-state index contributed by atoms with van der Waals surface area (Å²) in [5.74, 6) is -5.88. The Hall–Kier alpha value is -9.25. The Bertz CT molecular complexity index is 3180. The van der Waals surface area contributed by atoms with Crippen LogP contribution in [0.1, 0.15) is 76.1 Å². The van der Waals surface area contributed by atoms with Gasteiger partial charge in [0.25, 0.3) is 17.1 Å². The van der Waals surface area contributed by atoms with E-state index in [-0.39, 0.29) is 42.9 Å². The molecule has 23 heteroatoms. The topological polar surface area (TPSA) is 283 Å². The smallest absolute Gasteiger partial charge is 0.326 e. The van der Waals surface area contributed by atoms with Crippen molar-refractivity contribution in [2.45, 2.75) is 76.0 Å². The largest absolute Gasteiger partial charge is 0.480 e. The van der Waals surface area contributed by atoms with Crippen LogP contribution in [-0.2, 0) is 71.0 Å². The molecule has 4 atom stereocenters. The lowest BCUT2D eigenvalue weighted by Gasteiger charge is -2.33. The van der Waals surface area contributed by atoms with Gasteiger partial charge in [0.15, 0.2) is 0 Å². The van der Waals surface area contributed by atoms with Gasteiger partial charge in [-0.05, 0) is 131 Å². The minimum absolute atomic E-state index is 0.128. The van der Waals surface area contributed by atoms with Crippen molar-refractivity contribution in [3.8, 4) is 0 Å². The van der Waals surface area contributed by atoms with E-state index in [2.05, 4.69) is 30.6 Å². The average molecular weight is 1120 g/mol. The van der Waals surface area contributed by atoms with E-state index in [4.69, 9.17) is 21.8 Å². The fourth-order valence-electron chi connectivity index (χ4n) is 8.73. The highest BCUT2D eigenvalue weighted by Crippen LogP contribution is 2.26. The average Bonchev–Trinajstić information content (AvgIpc) is 3.51. The third kappa shape index (κ3) is 15.5. The van der Waals surface area contributed by atoms with E-state index >= 15 is 0 Å². The monoisotopic (exact) mass is 1110 g/mol. The van der Waals surface area contributed by atoms with Crippen molar-refractivity contribution in [1.82, 2.24) is 40.4 Å². The number of rotatable bonds is 7. The summed E-state index contributed by atoms with van der Waals surface area (Å²) in [6.07, 6.45) is 8.02. The summed E-state index contributed by atoms with van der Waals surface area (Å²) in [4.78, 5) is 99.1. The number of carbonyl (C=O) groups excluding carboxylic acids is 3. The van der Waals surface area contributed by atoms with Crippen molar-refractivity contribution in [3.63, 3.8) is 0 Å². The molecule has 0 fully saturated rings. The Morgan fingerprint density at radius 2 is 0.812 bits per heavy atom. The number of hydrogen-bond donors (Lipinski definition) is 6. The van der Waals surface area contributed by atoms with E-state index < -0.39 is 76.7 Å². The number of nitrogens with one attached hydrogen (secondary N) is 2. The van der Waals surface area contributed by atoms with Gasteiger partial charge >= 0.3 is 23.9 Å². The minimum Gasteiger partial charge on any atom is -0.480 e. The van der Waals surface area contributed by atoms with Gasteiger partial charge in [-0.3, -0.25) is 54.5 Å². The van der Waals surface area contributed by atoms with Crippen molar-refractivity contribution in [1.29, 1.82) is 0 Å². The molecule has 7 aromatic rings. The SMILES string of the molecule is O=C(Cl)c1ccc(F)cc1.O=C(O)C1Cc2cccnc2CN1.O=C(O)C1Cc2cccnc2CN1C(=O)c1ccc(F)cc1.O=C(O)C1Cc2ncccc2CN1.O=C(O)C1Cc2ncccc2CN1C(=O)c1ccc(F)cc1. The number of halogens is 4. The van der Waals surface area contributed by atoms with E-state index in [1.807, 2.05) is 36.4 Å². The summed E-state index contributed by atoms with van der Waals surface area (Å²) in [6, 6.07) is 27.1. The molecule has 0 saturated heterocycles. The van der Waals surface area contributed by atoms with Crippen LogP contribution in [0.3, 0.4) is 0 Å². The van der Waals surface area contributed by atoms with Gasteiger partial charge in [0.05, 0.1) is 17.9 Å². The molecule has 4 unspecified atom stereocenters. The number of hydrogen-bond acceptors (Lipinski definition) is 13. The van der Waals surface area contributed by atoms with Gasteiger partial charge in [-0.15, -0.1) is 0 Å². The number of carboxylic acids is 4. The van der Waals surface area contributed by atoms with Crippen LogP contribution in [0.2, 0.25) is 0 Å². The van der Waals surface area contributed by atoms with E-state index in [0.717, 1.165) is 33.6 Å². The van der Waals surface area contributed by atoms with Crippen LogP contribution < -0.4 is 10.6 Å². The number of benzene rings is 3. The summed E-state index contributed by atoms with van der Waals surface area (Å²) in [5.41, 5.74) is 7.86. The van der Waals surface area contributed by atoms with Gasteiger partial charge in [0.2, 0.25) is 0 Å². The number of pyridine rings is 4. The second kappa shape index (κ2) is 27.4. The lowest BCUT2D eigenvalue weighted by molar-refractivity contribution is -0.143. The van der Waals surface area contributed by atoms with Gasteiger partial charge in [0.1, 0.15) is 41.6 Å². The van der Waals surface area contributed by atoms with E-state index in [9.17, 15) is 56.9 Å². The molecule has 11 rings (SSSR count). The van der Waals surface area contributed by atoms with Crippen LogP contribution in [0.25, 0.3) is 0 Å². The van der Waals surface area contributed by atoms with Crippen LogP contribution >= 0.6 is 11.6 Å². The molecule has 4 aromatic heterocycles. The quantitative estimate of drug-likeness (QED) is 0.0954. The van der Waals surface area contributed by atoms with E-state index in [0.29, 0.717) is 42.9 Å². The number of carboxylic acid groups (broad SMARTS) is 4. The number of fused-ring (bicyclic) bond motifs is 4. The highest BCUT2D eigenvalue weighted by molar-refractivity contribution is 6.67.